The molecule has 1 aromatic rings. The van der Waals surface area contributed by atoms with Gasteiger partial charge in [0.15, 0.2) is 0 Å². The number of carbonyl (C=O) groups excluding carboxylic acids is 1. The van der Waals surface area contributed by atoms with Crippen LogP contribution in [0.3, 0.4) is 0 Å². The largest absolute Gasteiger partial charge is 0.480 e. The Labute approximate surface area is 147 Å². The zero-order valence-electron chi connectivity index (χ0n) is 14.3. The van der Waals surface area contributed by atoms with Crippen molar-refractivity contribution in [2.45, 2.75) is 18.9 Å². The zero-order chi connectivity index (χ0) is 17.6. The molecule has 0 saturated carbocycles. The van der Waals surface area contributed by atoms with Gasteiger partial charge in [-0.3, -0.25) is 14.7 Å². The van der Waals surface area contributed by atoms with Crippen molar-refractivity contribution in [3.05, 3.63) is 24.5 Å². The number of urea groups is 1. The summed E-state index contributed by atoms with van der Waals surface area (Å²) in [5.41, 5.74) is 1.14. The molecular weight excluding hydrogens is 322 g/mol. The molecule has 136 valence electrons. The molecule has 2 fully saturated rings. The molecular formula is C17H25N5O3. The smallest absolute Gasteiger partial charge is 0.317 e. The molecule has 2 saturated heterocycles. The van der Waals surface area contributed by atoms with Crippen LogP contribution in [0.25, 0.3) is 0 Å². The highest BCUT2D eigenvalue weighted by molar-refractivity contribution is 5.75. The minimum absolute atomic E-state index is 0.00828. The third-order valence-electron chi connectivity index (χ3n) is 4.87. The molecule has 0 radical (unpaired) electrons. The number of aliphatic carboxylic acids is 1. The van der Waals surface area contributed by atoms with Crippen molar-refractivity contribution in [3.63, 3.8) is 0 Å². The van der Waals surface area contributed by atoms with Crippen molar-refractivity contribution < 1.29 is 14.7 Å². The van der Waals surface area contributed by atoms with Gasteiger partial charge in [-0.15, -0.1) is 0 Å². The Bertz CT molecular complexity index is 581. The fourth-order valence-electron chi connectivity index (χ4n) is 3.42. The van der Waals surface area contributed by atoms with Gasteiger partial charge >= 0.3 is 12.0 Å². The van der Waals surface area contributed by atoms with Crippen molar-refractivity contribution in [2.24, 2.45) is 0 Å². The summed E-state index contributed by atoms with van der Waals surface area (Å²) in [5, 5.41) is 11.9. The van der Waals surface area contributed by atoms with Gasteiger partial charge in [0.25, 0.3) is 0 Å². The minimum atomic E-state index is -0.797. The van der Waals surface area contributed by atoms with Crippen LogP contribution >= 0.6 is 0 Å². The van der Waals surface area contributed by atoms with Crippen molar-refractivity contribution >= 4 is 17.7 Å². The van der Waals surface area contributed by atoms with E-state index in [1.165, 1.54) is 0 Å². The highest BCUT2D eigenvalue weighted by atomic mass is 16.4. The summed E-state index contributed by atoms with van der Waals surface area (Å²) in [4.78, 5) is 33.3. The predicted molar refractivity (Wildman–Crippen MR) is 93.7 cm³/mol. The van der Waals surface area contributed by atoms with E-state index in [4.69, 9.17) is 5.11 Å². The minimum Gasteiger partial charge on any atom is -0.480 e. The molecule has 0 bridgehead atoms. The second-order valence-electron chi connectivity index (χ2n) is 6.57. The lowest BCUT2D eigenvalue weighted by Gasteiger charge is -2.37. The molecule has 3 heterocycles. The molecule has 0 atom stereocenters. The van der Waals surface area contributed by atoms with Gasteiger partial charge < -0.3 is 20.2 Å². The van der Waals surface area contributed by atoms with E-state index in [2.05, 4.69) is 15.2 Å². The average Bonchev–Trinajstić information content (AvgIpc) is 2.64. The van der Waals surface area contributed by atoms with E-state index in [-0.39, 0.29) is 18.6 Å². The topological polar surface area (TPSA) is 89.0 Å². The molecule has 1 aromatic heterocycles. The number of carbonyl (C=O) groups is 2. The Balaban J connectivity index is 1.41. The van der Waals surface area contributed by atoms with E-state index < -0.39 is 5.97 Å². The molecule has 25 heavy (non-hydrogen) atoms. The van der Waals surface area contributed by atoms with Crippen LogP contribution in [-0.4, -0.2) is 83.7 Å². The van der Waals surface area contributed by atoms with Gasteiger partial charge in [-0.1, -0.05) is 0 Å². The molecule has 0 aliphatic carbocycles. The molecule has 2 aliphatic rings. The van der Waals surface area contributed by atoms with Crippen LogP contribution in [0.1, 0.15) is 12.8 Å². The average molecular weight is 347 g/mol. The highest BCUT2D eigenvalue weighted by Gasteiger charge is 2.26. The number of hydrogen-bond acceptors (Lipinski definition) is 5. The number of piperidine rings is 1. The van der Waals surface area contributed by atoms with Crippen LogP contribution in [0.4, 0.5) is 10.5 Å². The molecule has 2 N–H and O–H groups in total. The zero-order valence-corrected chi connectivity index (χ0v) is 14.3. The van der Waals surface area contributed by atoms with Crippen molar-refractivity contribution in [3.8, 4) is 0 Å². The monoisotopic (exact) mass is 347 g/mol. The highest BCUT2D eigenvalue weighted by Crippen LogP contribution is 2.15. The van der Waals surface area contributed by atoms with Crippen LogP contribution in [0.15, 0.2) is 24.5 Å². The van der Waals surface area contributed by atoms with Crippen LogP contribution < -0.4 is 10.2 Å². The number of likely N-dealkylation sites (tertiary alicyclic amines) is 1. The van der Waals surface area contributed by atoms with Gasteiger partial charge in [-0.05, 0) is 25.0 Å². The molecule has 8 nitrogen and oxygen atoms in total. The van der Waals surface area contributed by atoms with Gasteiger partial charge in [0.2, 0.25) is 0 Å². The standard InChI is InChI=1S/C17H25N5O3/c23-16(24)13-20-7-3-14(4-8-20)19-17(25)22-11-9-21(10-12-22)15-1-5-18-6-2-15/h1-2,5-6,14H,3-4,7-13H2,(H,19,25)(H,23,24). The third kappa shape index (κ3) is 4.82. The van der Waals surface area contributed by atoms with E-state index in [0.717, 1.165) is 31.6 Å². The van der Waals surface area contributed by atoms with Crippen LogP contribution in [0.5, 0.6) is 0 Å². The SMILES string of the molecule is O=C(O)CN1CCC(NC(=O)N2CCN(c3ccncc3)CC2)CC1. The van der Waals surface area contributed by atoms with Gasteiger partial charge in [0.05, 0.1) is 6.54 Å². The van der Waals surface area contributed by atoms with E-state index in [1.54, 1.807) is 12.4 Å². The van der Waals surface area contributed by atoms with E-state index in [9.17, 15) is 9.59 Å². The fourth-order valence-corrected chi connectivity index (χ4v) is 3.42. The second-order valence-corrected chi connectivity index (χ2v) is 6.57. The number of nitrogens with one attached hydrogen (secondary N) is 1. The van der Waals surface area contributed by atoms with Gasteiger partial charge in [0, 0.05) is 63.4 Å². The van der Waals surface area contributed by atoms with Crippen molar-refractivity contribution in [1.29, 1.82) is 0 Å². The van der Waals surface area contributed by atoms with Crippen molar-refractivity contribution in [1.82, 2.24) is 20.1 Å². The molecule has 0 spiro atoms. The molecule has 0 aromatic carbocycles. The Kier molecular flexibility index (Phi) is 5.70. The van der Waals surface area contributed by atoms with Crippen LogP contribution in [-0.2, 0) is 4.79 Å². The maximum atomic E-state index is 12.4. The lowest BCUT2D eigenvalue weighted by Crippen LogP contribution is -2.55. The summed E-state index contributed by atoms with van der Waals surface area (Å²) in [6.07, 6.45) is 5.17. The Hall–Kier alpha value is -2.35. The Morgan fingerprint density at radius 3 is 2.32 bits per heavy atom. The number of pyridine rings is 1. The van der Waals surface area contributed by atoms with E-state index >= 15 is 0 Å². The van der Waals surface area contributed by atoms with Gasteiger partial charge in [0.1, 0.15) is 0 Å². The quantitative estimate of drug-likeness (QED) is 0.823. The summed E-state index contributed by atoms with van der Waals surface area (Å²) >= 11 is 0. The fraction of sp³-hybridized carbons (Fsp3) is 0.588. The molecule has 8 heteroatoms. The first-order valence-electron chi connectivity index (χ1n) is 8.76. The first-order valence-corrected chi connectivity index (χ1v) is 8.76. The summed E-state index contributed by atoms with van der Waals surface area (Å²) < 4.78 is 0. The van der Waals surface area contributed by atoms with Crippen LogP contribution in [0.2, 0.25) is 0 Å². The molecule has 2 aliphatic heterocycles. The molecule has 3 rings (SSSR count). The lowest BCUT2D eigenvalue weighted by atomic mass is 10.1. The predicted octanol–water partition coefficient (Wildman–Crippen LogP) is 0.462. The van der Waals surface area contributed by atoms with Gasteiger partial charge in [-0.2, -0.15) is 0 Å². The first kappa shape index (κ1) is 17.5. The number of carboxylic acids is 1. The number of aromatic nitrogens is 1. The maximum Gasteiger partial charge on any atom is 0.317 e. The summed E-state index contributed by atoms with van der Waals surface area (Å²) in [5.74, 6) is -0.797. The Morgan fingerprint density at radius 2 is 1.72 bits per heavy atom. The number of rotatable bonds is 4. The Morgan fingerprint density at radius 1 is 1.08 bits per heavy atom. The number of amides is 2. The van der Waals surface area contributed by atoms with E-state index in [0.29, 0.717) is 26.2 Å². The molecule has 2 amide bonds. The lowest BCUT2D eigenvalue weighted by molar-refractivity contribution is -0.138. The summed E-state index contributed by atoms with van der Waals surface area (Å²) in [7, 11) is 0. The summed E-state index contributed by atoms with van der Waals surface area (Å²) in [6, 6.07) is 4.10. The van der Waals surface area contributed by atoms with Gasteiger partial charge in [-0.25, -0.2) is 4.79 Å². The number of anilines is 1. The number of nitrogens with zero attached hydrogens (tertiary/aromatic N) is 4. The summed E-state index contributed by atoms with van der Waals surface area (Å²) in [6.45, 7) is 4.54. The third-order valence-corrected chi connectivity index (χ3v) is 4.87. The first-order chi connectivity index (χ1) is 12.1. The number of piperazine rings is 1. The maximum absolute atomic E-state index is 12.4. The number of hydrogen-bond donors (Lipinski definition) is 2. The second kappa shape index (κ2) is 8.15. The number of carboxylic acid groups (broad SMARTS) is 1. The van der Waals surface area contributed by atoms with Crippen LogP contribution in [0, 0.1) is 0 Å². The normalized spacial score (nSPS) is 19.7. The van der Waals surface area contributed by atoms with Crippen molar-refractivity contribution in [2.75, 3.05) is 50.7 Å². The molecule has 0 unspecified atom stereocenters. The van der Waals surface area contributed by atoms with E-state index in [1.807, 2.05) is 21.9 Å².